The number of hydrogen-bond acceptors (Lipinski definition) is 5. The lowest BCUT2D eigenvalue weighted by Crippen LogP contribution is -2.54. The van der Waals surface area contributed by atoms with E-state index in [0.717, 1.165) is 33.7 Å². The predicted molar refractivity (Wildman–Crippen MR) is 159 cm³/mol. The van der Waals surface area contributed by atoms with Crippen LogP contribution < -0.4 is 14.4 Å². The minimum Gasteiger partial charge on any atom is -0.497 e. The molecule has 3 aromatic carbocycles. The lowest BCUT2D eigenvalue weighted by Gasteiger charge is -2.34. The highest BCUT2D eigenvalue weighted by Gasteiger charge is 2.33. The fourth-order valence-electron chi connectivity index (χ4n) is 4.33. The van der Waals surface area contributed by atoms with Crippen molar-refractivity contribution in [3.8, 4) is 5.75 Å². The number of anilines is 1. The van der Waals surface area contributed by atoms with Crippen molar-refractivity contribution in [3.63, 3.8) is 0 Å². The summed E-state index contributed by atoms with van der Waals surface area (Å²) in [4.78, 5) is 29.3. The minimum absolute atomic E-state index is 0.0898. The van der Waals surface area contributed by atoms with Gasteiger partial charge in [-0.2, -0.15) is 0 Å². The Hall–Kier alpha value is -3.85. The number of nitrogens with zero attached hydrogens (tertiary/aromatic N) is 2. The second-order valence-electron chi connectivity index (χ2n) is 9.94. The highest BCUT2D eigenvalue weighted by Crippen LogP contribution is 2.23. The molecule has 0 heterocycles. The molecule has 214 valence electrons. The van der Waals surface area contributed by atoms with Gasteiger partial charge in [0.15, 0.2) is 0 Å². The molecule has 1 N–H and O–H groups in total. The Labute approximate surface area is 238 Å². The van der Waals surface area contributed by atoms with E-state index in [4.69, 9.17) is 4.74 Å². The van der Waals surface area contributed by atoms with Gasteiger partial charge in [-0.25, -0.2) is 8.42 Å². The van der Waals surface area contributed by atoms with E-state index in [0.29, 0.717) is 11.4 Å². The number of sulfonamides is 1. The van der Waals surface area contributed by atoms with Crippen LogP contribution in [-0.2, 0) is 32.6 Å². The summed E-state index contributed by atoms with van der Waals surface area (Å²) in [6.45, 7) is 5.53. The van der Waals surface area contributed by atoms with Gasteiger partial charge >= 0.3 is 0 Å². The Morgan fingerprint density at radius 1 is 0.950 bits per heavy atom. The Morgan fingerprint density at radius 2 is 1.57 bits per heavy atom. The second-order valence-corrected chi connectivity index (χ2v) is 11.8. The van der Waals surface area contributed by atoms with Crippen LogP contribution in [0.15, 0.2) is 78.9 Å². The van der Waals surface area contributed by atoms with Crippen molar-refractivity contribution in [2.75, 3.05) is 24.2 Å². The summed E-state index contributed by atoms with van der Waals surface area (Å²) < 4.78 is 32.0. The van der Waals surface area contributed by atoms with Gasteiger partial charge in [0.2, 0.25) is 21.8 Å². The van der Waals surface area contributed by atoms with Crippen LogP contribution in [0.1, 0.15) is 37.0 Å². The van der Waals surface area contributed by atoms with Crippen LogP contribution in [0.4, 0.5) is 5.69 Å². The van der Waals surface area contributed by atoms with Crippen molar-refractivity contribution in [1.29, 1.82) is 0 Å². The smallest absolute Gasteiger partial charge is 0.244 e. The molecule has 0 saturated carbocycles. The first kappa shape index (κ1) is 30.7. The summed E-state index contributed by atoms with van der Waals surface area (Å²) in [5.74, 6) is -0.199. The predicted octanol–water partition coefficient (Wildman–Crippen LogP) is 4.32. The number of carbonyl (C=O) groups excluding carboxylic acids is 2. The molecule has 0 saturated heterocycles. The first-order chi connectivity index (χ1) is 19.0. The van der Waals surface area contributed by atoms with E-state index in [1.54, 1.807) is 24.3 Å². The topological polar surface area (TPSA) is 96.0 Å². The summed E-state index contributed by atoms with van der Waals surface area (Å²) in [6, 6.07) is 22.7. The van der Waals surface area contributed by atoms with Gasteiger partial charge in [0, 0.05) is 19.0 Å². The third-order valence-corrected chi connectivity index (χ3v) is 8.05. The van der Waals surface area contributed by atoms with Gasteiger partial charge in [0.25, 0.3) is 0 Å². The zero-order valence-electron chi connectivity index (χ0n) is 23.8. The molecule has 9 heteroatoms. The van der Waals surface area contributed by atoms with E-state index in [1.807, 2.05) is 75.4 Å². The molecule has 40 heavy (non-hydrogen) atoms. The SMILES string of the molecule is CC[C@@H](C)NC(=O)[C@H](Cc1ccccc1)N(Cc1ccccc1C)C(=O)CN(c1ccc(OC)cc1)S(C)(=O)=O. The molecule has 0 fully saturated rings. The van der Waals surface area contributed by atoms with E-state index in [-0.39, 0.29) is 24.9 Å². The number of rotatable bonds is 13. The van der Waals surface area contributed by atoms with Crippen LogP contribution in [0.25, 0.3) is 0 Å². The van der Waals surface area contributed by atoms with Gasteiger partial charge in [0.05, 0.1) is 19.1 Å². The van der Waals surface area contributed by atoms with Gasteiger partial charge in [-0.1, -0.05) is 61.5 Å². The minimum atomic E-state index is -3.83. The molecule has 0 aliphatic rings. The Morgan fingerprint density at radius 3 is 2.15 bits per heavy atom. The van der Waals surface area contributed by atoms with Crippen molar-refractivity contribution >= 4 is 27.5 Å². The van der Waals surface area contributed by atoms with E-state index in [9.17, 15) is 18.0 Å². The first-order valence-electron chi connectivity index (χ1n) is 13.3. The Bertz CT molecular complexity index is 1380. The van der Waals surface area contributed by atoms with Gasteiger partial charge in [-0.3, -0.25) is 13.9 Å². The van der Waals surface area contributed by atoms with E-state index >= 15 is 0 Å². The quantitative estimate of drug-likeness (QED) is 0.333. The Kier molecular flexibility index (Phi) is 10.7. The molecule has 0 aliphatic heterocycles. The van der Waals surface area contributed by atoms with E-state index < -0.39 is 28.5 Å². The number of carbonyl (C=O) groups is 2. The molecule has 0 unspecified atom stereocenters. The zero-order chi connectivity index (χ0) is 29.3. The molecule has 2 atom stereocenters. The molecular weight excluding hydrogens is 526 g/mol. The maximum absolute atomic E-state index is 14.1. The van der Waals surface area contributed by atoms with Crippen molar-refractivity contribution < 1.29 is 22.7 Å². The summed E-state index contributed by atoms with van der Waals surface area (Å²) >= 11 is 0. The number of ether oxygens (including phenoxy) is 1. The zero-order valence-corrected chi connectivity index (χ0v) is 24.6. The summed E-state index contributed by atoms with van der Waals surface area (Å²) in [7, 11) is -2.31. The van der Waals surface area contributed by atoms with Crippen molar-refractivity contribution in [2.45, 2.75) is 52.2 Å². The fourth-order valence-corrected chi connectivity index (χ4v) is 5.18. The van der Waals surface area contributed by atoms with E-state index in [1.165, 1.54) is 12.0 Å². The first-order valence-corrected chi connectivity index (χ1v) is 15.2. The van der Waals surface area contributed by atoms with Crippen LogP contribution in [-0.4, -0.2) is 57.1 Å². The normalized spacial score (nSPS) is 12.7. The van der Waals surface area contributed by atoms with Crippen molar-refractivity contribution in [3.05, 3.63) is 95.6 Å². The molecular formula is C31H39N3O5S. The standard InChI is InChI=1S/C31H39N3O5S/c1-6-24(3)32-31(36)29(20-25-13-8-7-9-14-25)33(21-26-15-11-10-12-23(26)2)30(35)22-34(40(5,37)38)27-16-18-28(39-4)19-17-27/h7-19,24,29H,6,20-22H2,1-5H3,(H,32,36)/t24-,29+/m1/s1. The van der Waals surface area contributed by atoms with E-state index in [2.05, 4.69) is 5.32 Å². The number of benzene rings is 3. The summed E-state index contributed by atoms with van der Waals surface area (Å²) in [5, 5.41) is 3.03. The van der Waals surface area contributed by atoms with Gasteiger partial charge in [0.1, 0.15) is 18.3 Å². The molecule has 0 radical (unpaired) electrons. The van der Waals surface area contributed by atoms with Gasteiger partial charge in [-0.05, 0) is 61.2 Å². The molecule has 0 aliphatic carbocycles. The van der Waals surface area contributed by atoms with Gasteiger partial charge in [-0.15, -0.1) is 0 Å². The maximum Gasteiger partial charge on any atom is 0.244 e. The number of methoxy groups -OCH3 is 1. The number of nitrogens with one attached hydrogen (secondary N) is 1. The van der Waals surface area contributed by atoms with Crippen molar-refractivity contribution in [1.82, 2.24) is 10.2 Å². The molecule has 3 aromatic rings. The molecule has 3 rings (SSSR count). The Balaban J connectivity index is 2.06. The van der Waals surface area contributed by atoms with Crippen LogP contribution in [0.3, 0.4) is 0 Å². The fraction of sp³-hybridized carbons (Fsp3) is 0.355. The van der Waals surface area contributed by atoms with Crippen molar-refractivity contribution in [2.24, 2.45) is 0 Å². The maximum atomic E-state index is 14.1. The number of aryl methyl sites for hydroxylation is 1. The lowest BCUT2D eigenvalue weighted by atomic mass is 10.0. The average Bonchev–Trinajstić information content (AvgIpc) is 2.94. The molecule has 0 spiro atoms. The molecule has 2 amide bonds. The summed E-state index contributed by atoms with van der Waals surface area (Å²) in [6.07, 6.45) is 2.07. The molecule has 0 bridgehead atoms. The van der Waals surface area contributed by atoms with Crippen LogP contribution in [0.2, 0.25) is 0 Å². The highest BCUT2D eigenvalue weighted by molar-refractivity contribution is 7.92. The lowest BCUT2D eigenvalue weighted by molar-refractivity contribution is -0.140. The van der Waals surface area contributed by atoms with Gasteiger partial charge < -0.3 is 15.0 Å². The largest absolute Gasteiger partial charge is 0.497 e. The van der Waals surface area contributed by atoms with Crippen LogP contribution >= 0.6 is 0 Å². The third kappa shape index (κ3) is 8.32. The average molecular weight is 566 g/mol. The number of hydrogen-bond donors (Lipinski definition) is 1. The van der Waals surface area contributed by atoms with Crippen LogP contribution in [0.5, 0.6) is 5.75 Å². The summed E-state index contributed by atoms with van der Waals surface area (Å²) in [5.41, 5.74) is 3.07. The monoisotopic (exact) mass is 565 g/mol. The van der Waals surface area contributed by atoms with Crippen LogP contribution in [0, 0.1) is 6.92 Å². The molecule has 8 nitrogen and oxygen atoms in total. The number of amides is 2. The second kappa shape index (κ2) is 14.0. The third-order valence-electron chi connectivity index (χ3n) is 6.91. The highest BCUT2D eigenvalue weighted by atomic mass is 32.2. The molecule has 0 aromatic heterocycles.